The Bertz CT molecular complexity index is 938. The first-order chi connectivity index (χ1) is 12.1. The average Bonchev–Trinajstić information content (AvgIpc) is 2.90. The Balaban J connectivity index is 2.13. The van der Waals surface area contributed by atoms with Crippen molar-refractivity contribution >= 4 is 6.09 Å². The van der Waals surface area contributed by atoms with E-state index in [2.05, 4.69) is 9.98 Å². The number of hydrogen-bond acceptors (Lipinski definition) is 2. The third kappa shape index (κ3) is 3.63. The zero-order valence-electron chi connectivity index (χ0n) is 14.1. The molecule has 128 valence electrons. The van der Waals surface area contributed by atoms with Crippen molar-refractivity contribution in [2.24, 2.45) is 12.0 Å². The molecule has 0 fully saturated rings. The van der Waals surface area contributed by atoms with Gasteiger partial charge in [0, 0.05) is 24.7 Å². The third-order valence-corrected chi connectivity index (χ3v) is 3.99. The molecule has 0 saturated heterocycles. The monoisotopic (exact) mass is 337 g/mol. The minimum Gasteiger partial charge on any atom is -0.497 e. The van der Waals surface area contributed by atoms with E-state index in [0.717, 1.165) is 28.3 Å². The first-order valence-corrected chi connectivity index (χ1v) is 7.82. The van der Waals surface area contributed by atoms with Crippen molar-refractivity contribution in [3.8, 4) is 17.0 Å². The number of rotatable bonds is 4. The second-order valence-corrected chi connectivity index (χ2v) is 5.62. The van der Waals surface area contributed by atoms with Crippen LogP contribution >= 0.6 is 0 Å². The minimum absolute atomic E-state index is 0.296. The molecule has 3 aromatic rings. The quantitative estimate of drug-likeness (QED) is 0.767. The van der Waals surface area contributed by atoms with Crippen molar-refractivity contribution in [2.45, 2.75) is 6.42 Å². The van der Waals surface area contributed by atoms with E-state index in [1.807, 2.05) is 54.6 Å². The fourth-order valence-electron chi connectivity index (χ4n) is 2.82. The molecule has 0 aliphatic heterocycles. The topological polar surface area (TPSA) is 79.6 Å². The normalized spacial score (nSPS) is 11.5. The Hall–Kier alpha value is -3.28. The summed E-state index contributed by atoms with van der Waals surface area (Å²) in [5.74, 6) is 0.766. The van der Waals surface area contributed by atoms with Gasteiger partial charge in [0.2, 0.25) is 5.62 Å². The first-order valence-electron chi connectivity index (χ1n) is 7.82. The zero-order chi connectivity index (χ0) is 17.8. The summed E-state index contributed by atoms with van der Waals surface area (Å²) in [7, 11) is 3.42. The molecule has 1 amide bonds. The summed E-state index contributed by atoms with van der Waals surface area (Å²) in [6.45, 7) is 0. The molecule has 0 aliphatic carbocycles. The first kappa shape index (κ1) is 16.6. The molecule has 25 heavy (non-hydrogen) atoms. The number of imidazole rings is 1. The fourth-order valence-corrected chi connectivity index (χ4v) is 2.82. The molecule has 1 heterocycles. The van der Waals surface area contributed by atoms with Crippen molar-refractivity contribution < 1.29 is 14.6 Å². The summed E-state index contributed by atoms with van der Waals surface area (Å²) in [4.78, 5) is 17.8. The van der Waals surface area contributed by atoms with Gasteiger partial charge in [-0.05, 0) is 29.8 Å². The second-order valence-electron chi connectivity index (χ2n) is 5.62. The van der Waals surface area contributed by atoms with Gasteiger partial charge in [0.15, 0.2) is 0 Å². The highest BCUT2D eigenvalue weighted by Gasteiger charge is 2.14. The number of H-pyrrole nitrogens is 1. The molecule has 0 aliphatic rings. The number of carbonyl (C=O) groups is 1. The molecule has 1 aromatic heterocycles. The van der Waals surface area contributed by atoms with Crippen molar-refractivity contribution in [3.05, 3.63) is 71.5 Å². The SMILES string of the molecule is COc1ccc(-c2c(Cc3ccccc3)[nH]/c(=N\C(=O)O)n2C)cc1. The molecule has 0 radical (unpaired) electrons. The molecular formula is C19H19N3O3. The summed E-state index contributed by atoms with van der Waals surface area (Å²) in [6, 6.07) is 17.6. The van der Waals surface area contributed by atoms with Crippen LogP contribution in [-0.2, 0) is 13.5 Å². The number of hydrogen-bond donors (Lipinski definition) is 2. The molecule has 2 N–H and O–H groups in total. The maximum atomic E-state index is 11.0. The van der Waals surface area contributed by atoms with E-state index in [-0.39, 0.29) is 0 Å². The van der Waals surface area contributed by atoms with Crippen LogP contribution in [0.4, 0.5) is 4.79 Å². The maximum absolute atomic E-state index is 11.0. The van der Waals surface area contributed by atoms with Gasteiger partial charge < -0.3 is 19.4 Å². The van der Waals surface area contributed by atoms with Crippen LogP contribution in [-0.4, -0.2) is 27.9 Å². The number of aromatic amines is 1. The smallest absolute Gasteiger partial charge is 0.434 e. The van der Waals surface area contributed by atoms with Crippen LogP contribution in [0.5, 0.6) is 5.75 Å². The number of aromatic nitrogens is 2. The van der Waals surface area contributed by atoms with Gasteiger partial charge in [-0.15, -0.1) is 4.99 Å². The molecule has 0 saturated carbocycles. The van der Waals surface area contributed by atoms with Crippen LogP contribution in [0.3, 0.4) is 0 Å². The van der Waals surface area contributed by atoms with E-state index in [1.54, 1.807) is 18.7 Å². The highest BCUT2D eigenvalue weighted by molar-refractivity contribution is 5.66. The summed E-state index contributed by atoms with van der Waals surface area (Å²) >= 11 is 0. The van der Waals surface area contributed by atoms with Crippen LogP contribution < -0.4 is 10.4 Å². The fraction of sp³-hybridized carbons (Fsp3) is 0.158. The van der Waals surface area contributed by atoms with E-state index in [4.69, 9.17) is 9.84 Å². The number of carboxylic acid groups (broad SMARTS) is 1. The van der Waals surface area contributed by atoms with Crippen molar-refractivity contribution in [1.29, 1.82) is 0 Å². The van der Waals surface area contributed by atoms with Gasteiger partial charge in [0.05, 0.1) is 12.8 Å². The number of methoxy groups -OCH3 is 1. The van der Waals surface area contributed by atoms with E-state index in [9.17, 15) is 4.79 Å². The van der Waals surface area contributed by atoms with Gasteiger partial charge in [-0.2, -0.15) is 0 Å². The number of nitrogens with one attached hydrogen (secondary N) is 1. The molecule has 0 atom stereocenters. The van der Waals surface area contributed by atoms with Gasteiger partial charge in [0.25, 0.3) is 0 Å². The summed E-state index contributed by atoms with van der Waals surface area (Å²) < 4.78 is 6.97. The van der Waals surface area contributed by atoms with Crippen LogP contribution in [0.25, 0.3) is 11.3 Å². The van der Waals surface area contributed by atoms with E-state index < -0.39 is 6.09 Å². The van der Waals surface area contributed by atoms with E-state index in [1.165, 1.54) is 0 Å². The second kappa shape index (κ2) is 7.09. The van der Waals surface area contributed by atoms with Gasteiger partial charge in [-0.3, -0.25) is 0 Å². The molecule has 6 nitrogen and oxygen atoms in total. The van der Waals surface area contributed by atoms with Crippen molar-refractivity contribution in [2.75, 3.05) is 7.11 Å². The minimum atomic E-state index is -1.23. The van der Waals surface area contributed by atoms with Gasteiger partial charge in [0.1, 0.15) is 5.75 Å². The predicted molar refractivity (Wildman–Crippen MR) is 94.6 cm³/mol. The lowest BCUT2D eigenvalue weighted by molar-refractivity contribution is 0.204. The Morgan fingerprint density at radius 2 is 1.84 bits per heavy atom. The van der Waals surface area contributed by atoms with E-state index in [0.29, 0.717) is 12.0 Å². The van der Waals surface area contributed by atoms with Crippen LogP contribution in [0, 0.1) is 0 Å². The molecule has 0 unspecified atom stereocenters. The summed E-state index contributed by atoms with van der Waals surface area (Å²) in [5.41, 5.74) is 4.17. The lowest BCUT2D eigenvalue weighted by Gasteiger charge is -2.08. The zero-order valence-corrected chi connectivity index (χ0v) is 14.1. The van der Waals surface area contributed by atoms with Crippen LogP contribution in [0.2, 0.25) is 0 Å². The molecule has 0 bridgehead atoms. The number of ether oxygens (including phenoxy) is 1. The Kier molecular flexibility index (Phi) is 4.70. The number of nitrogens with zero attached hydrogens (tertiary/aromatic N) is 2. The van der Waals surface area contributed by atoms with Crippen LogP contribution in [0.15, 0.2) is 59.6 Å². The van der Waals surface area contributed by atoms with Gasteiger partial charge >= 0.3 is 6.09 Å². The standard InChI is InChI=1S/C19H19N3O3/c1-22-17(14-8-10-15(25-2)11-9-14)16(20-18(22)21-19(23)24)12-13-6-4-3-5-7-13/h3-11H,12H2,1-2H3,(H,20,21)(H,23,24). The Morgan fingerprint density at radius 3 is 2.44 bits per heavy atom. The van der Waals surface area contributed by atoms with Crippen molar-refractivity contribution in [1.82, 2.24) is 9.55 Å². The Labute approximate surface area is 145 Å². The highest BCUT2D eigenvalue weighted by Crippen LogP contribution is 2.25. The lowest BCUT2D eigenvalue weighted by atomic mass is 10.0. The third-order valence-electron chi connectivity index (χ3n) is 3.99. The molecule has 0 spiro atoms. The van der Waals surface area contributed by atoms with E-state index >= 15 is 0 Å². The highest BCUT2D eigenvalue weighted by atomic mass is 16.5. The molecular weight excluding hydrogens is 318 g/mol. The Morgan fingerprint density at radius 1 is 1.16 bits per heavy atom. The lowest BCUT2D eigenvalue weighted by Crippen LogP contribution is -2.18. The van der Waals surface area contributed by atoms with Gasteiger partial charge in [-0.25, -0.2) is 4.79 Å². The average molecular weight is 337 g/mol. The van der Waals surface area contributed by atoms with Crippen molar-refractivity contribution in [3.63, 3.8) is 0 Å². The molecule has 3 rings (SSSR count). The number of amides is 1. The molecule has 6 heteroatoms. The van der Waals surface area contributed by atoms with Gasteiger partial charge in [-0.1, -0.05) is 30.3 Å². The summed E-state index contributed by atoms with van der Waals surface area (Å²) in [6.07, 6.45) is -0.588. The maximum Gasteiger partial charge on any atom is 0.434 e. The summed E-state index contributed by atoms with van der Waals surface area (Å²) in [5, 5.41) is 9.00. The van der Waals surface area contributed by atoms with Crippen LogP contribution in [0.1, 0.15) is 11.3 Å². The predicted octanol–water partition coefficient (Wildman–Crippen LogP) is 3.20. The molecule has 2 aromatic carbocycles. The number of benzene rings is 2. The largest absolute Gasteiger partial charge is 0.497 e.